The van der Waals surface area contributed by atoms with Crippen molar-refractivity contribution in [2.24, 2.45) is 0 Å². The average Bonchev–Trinajstić information content (AvgIpc) is 3.48. The fourth-order valence-electron chi connectivity index (χ4n) is 8.64. The van der Waals surface area contributed by atoms with Crippen LogP contribution in [0.15, 0.2) is 72.8 Å². The summed E-state index contributed by atoms with van der Waals surface area (Å²) in [7, 11) is -4.85. The maximum Gasteiger partial charge on any atom is 0.0574 e. The van der Waals surface area contributed by atoms with Gasteiger partial charge in [-0.1, -0.05) is 132 Å². The third-order valence-electron chi connectivity index (χ3n) is 9.70. The maximum atomic E-state index is 2.60. The standard InChI is InChI=1S/C36H42Si3/c1-37(2,3)34-25-19-13-10-16-22(25)28-31(34)29-23-17-11-14-20-26(23)35(38(4,5)6)33(29)30-24-18-12-15-21-27(24)36(32(28)30)39(7,8)9/h10-21,34-36H,1-9H3/t34-,35-,36+/m0/s1. The van der Waals surface area contributed by atoms with Crippen molar-refractivity contribution in [3.05, 3.63) is 106 Å². The van der Waals surface area contributed by atoms with Crippen LogP contribution in [0.2, 0.25) is 58.9 Å². The summed E-state index contributed by atoms with van der Waals surface area (Å²) in [5, 5.41) is 0. The zero-order valence-electron chi connectivity index (χ0n) is 25.2. The summed E-state index contributed by atoms with van der Waals surface area (Å²) in [6.45, 7) is 23.4. The van der Waals surface area contributed by atoms with E-state index in [0.717, 1.165) is 0 Å². The fraction of sp³-hybridized carbons (Fsp3) is 0.333. The Labute approximate surface area is 238 Å². The first kappa shape index (κ1) is 25.5. The van der Waals surface area contributed by atoms with Gasteiger partial charge in [-0.05, 0) is 66.8 Å². The van der Waals surface area contributed by atoms with Gasteiger partial charge in [0.15, 0.2) is 0 Å². The largest absolute Gasteiger partial charge is 0.0688 e. The van der Waals surface area contributed by atoms with Gasteiger partial charge in [0, 0.05) is 16.6 Å². The van der Waals surface area contributed by atoms with Gasteiger partial charge in [0.25, 0.3) is 0 Å². The van der Waals surface area contributed by atoms with E-state index in [0.29, 0.717) is 16.6 Å². The summed E-state index contributed by atoms with van der Waals surface area (Å²) in [4.78, 5) is 0. The predicted molar refractivity (Wildman–Crippen MR) is 178 cm³/mol. The monoisotopic (exact) mass is 558 g/mol. The summed E-state index contributed by atoms with van der Waals surface area (Å²) in [5.74, 6) is 0. The molecule has 0 spiro atoms. The fourth-order valence-corrected chi connectivity index (χ4v) is 15.7. The minimum absolute atomic E-state index is 0.530. The van der Waals surface area contributed by atoms with E-state index in [9.17, 15) is 0 Å². The third-order valence-corrected chi connectivity index (χ3v) is 16.7. The minimum atomic E-state index is -1.62. The van der Waals surface area contributed by atoms with Gasteiger partial charge < -0.3 is 0 Å². The van der Waals surface area contributed by atoms with Crippen molar-refractivity contribution < 1.29 is 0 Å². The summed E-state index contributed by atoms with van der Waals surface area (Å²) < 4.78 is 0. The van der Waals surface area contributed by atoms with Crippen molar-refractivity contribution in [1.82, 2.24) is 0 Å². The first-order chi connectivity index (χ1) is 18.3. The normalized spacial score (nSPS) is 20.7. The Bertz CT molecular complexity index is 1450. The number of benzene rings is 4. The van der Waals surface area contributed by atoms with E-state index in [1.807, 2.05) is 0 Å². The topological polar surface area (TPSA) is 0 Å². The first-order valence-corrected chi connectivity index (χ1v) is 25.6. The molecule has 0 unspecified atom stereocenters. The van der Waals surface area contributed by atoms with Crippen LogP contribution in [0.3, 0.4) is 0 Å². The molecule has 0 bridgehead atoms. The van der Waals surface area contributed by atoms with E-state index in [4.69, 9.17) is 0 Å². The van der Waals surface area contributed by atoms with Crippen LogP contribution in [-0.4, -0.2) is 24.2 Å². The lowest BCUT2D eigenvalue weighted by molar-refractivity contribution is 1.08. The molecule has 198 valence electrons. The van der Waals surface area contributed by atoms with Gasteiger partial charge in [0.05, 0.1) is 24.2 Å². The van der Waals surface area contributed by atoms with Crippen molar-refractivity contribution in [2.75, 3.05) is 0 Å². The number of hydrogen-bond donors (Lipinski definition) is 0. The summed E-state index contributed by atoms with van der Waals surface area (Å²) >= 11 is 0. The highest BCUT2D eigenvalue weighted by Gasteiger charge is 2.52. The van der Waals surface area contributed by atoms with Crippen LogP contribution in [0.4, 0.5) is 0 Å². The molecule has 0 fully saturated rings. The highest BCUT2D eigenvalue weighted by Crippen LogP contribution is 2.66. The van der Waals surface area contributed by atoms with Crippen LogP contribution in [0, 0.1) is 0 Å². The van der Waals surface area contributed by atoms with Crippen molar-refractivity contribution in [1.29, 1.82) is 0 Å². The Kier molecular flexibility index (Phi) is 5.26. The van der Waals surface area contributed by atoms with Crippen molar-refractivity contribution in [2.45, 2.75) is 75.5 Å². The van der Waals surface area contributed by atoms with Crippen LogP contribution in [0.1, 0.15) is 50.0 Å². The predicted octanol–water partition coefficient (Wildman–Crippen LogP) is 10.7. The molecule has 0 aromatic heterocycles. The molecule has 4 aromatic rings. The second-order valence-electron chi connectivity index (χ2n) is 15.5. The van der Waals surface area contributed by atoms with Crippen LogP contribution in [0.5, 0.6) is 0 Å². The zero-order valence-corrected chi connectivity index (χ0v) is 28.2. The molecule has 0 saturated carbocycles. The average molecular weight is 559 g/mol. The Morgan fingerprint density at radius 2 is 0.590 bits per heavy atom. The van der Waals surface area contributed by atoms with Gasteiger partial charge in [-0.3, -0.25) is 0 Å². The molecule has 4 aromatic carbocycles. The molecular weight excluding hydrogens is 517 g/mol. The van der Waals surface area contributed by atoms with E-state index >= 15 is 0 Å². The van der Waals surface area contributed by atoms with E-state index in [2.05, 4.69) is 132 Å². The van der Waals surface area contributed by atoms with Crippen molar-refractivity contribution in [3.8, 4) is 33.4 Å². The molecule has 3 heteroatoms. The molecule has 0 radical (unpaired) electrons. The molecule has 3 atom stereocenters. The molecule has 0 aliphatic heterocycles. The van der Waals surface area contributed by atoms with Crippen molar-refractivity contribution in [3.63, 3.8) is 0 Å². The molecule has 3 aliphatic rings. The highest BCUT2D eigenvalue weighted by atomic mass is 28.3. The number of rotatable bonds is 3. The summed E-state index contributed by atoms with van der Waals surface area (Å²) in [6.07, 6.45) is 0. The molecule has 0 heterocycles. The van der Waals surface area contributed by atoms with Crippen molar-refractivity contribution >= 4 is 24.2 Å². The molecule has 0 N–H and O–H groups in total. The van der Waals surface area contributed by atoms with E-state index < -0.39 is 24.2 Å². The lowest BCUT2D eigenvalue weighted by Gasteiger charge is -2.34. The van der Waals surface area contributed by atoms with E-state index in [1.54, 1.807) is 50.1 Å². The van der Waals surface area contributed by atoms with Gasteiger partial charge >= 0.3 is 0 Å². The van der Waals surface area contributed by atoms with E-state index in [-0.39, 0.29) is 0 Å². The van der Waals surface area contributed by atoms with Crippen LogP contribution >= 0.6 is 0 Å². The van der Waals surface area contributed by atoms with Crippen LogP contribution in [-0.2, 0) is 0 Å². The smallest absolute Gasteiger partial charge is 0.0574 e. The lowest BCUT2D eigenvalue weighted by Crippen LogP contribution is -2.33. The Morgan fingerprint density at radius 1 is 0.359 bits per heavy atom. The number of fused-ring (bicyclic) bond motifs is 12. The van der Waals surface area contributed by atoms with Crippen LogP contribution in [0.25, 0.3) is 33.4 Å². The second kappa shape index (κ2) is 8.05. The molecular formula is C36H42Si3. The maximum absolute atomic E-state index is 2.60. The molecule has 0 nitrogen and oxygen atoms in total. The Hall–Kier alpha value is -2.47. The van der Waals surface area contributed by atoms with Gasteiger partial charge in [-0.2, -0.15) is 0 Å². The first-order valence-electron chi connectivity index (χ1n) is 14.8. The lowest BCUT2D eigenvalue weighted by atomic mass is 9.86. The summed E-state index contributed by atoms with van der Waals surface area (Å²) in [5.41, 5.74) is 21.0. The van der Waals surface area contributed by atoms with Gasteiger partial charge in [-0.15, -0.1) is 0 Å². The molecule has 0 saturated heterocycles. The quantitative estimate of drug-likeness (QED) is 0.219. The van der Waals surface area contributed by atoms with Gasteiger partial charge in [0.1, 0.15) is 0 Å². The van der Waals surface area contributed by atoms with Gasteiger partial charge in [0.2, 0.25) is 0 Å². The number of hydrogen-bond acceptors (Lipinski definition) is 0. The van der Waals surface area contributed by atoms with E-state index in [1.165, 1.54) is 16.7 Å². The second-order valence-corrected chi connectivity index (χ2v) is 31.5. The SMILES string of the molecule is C[Si](C)(C)[C@@H]1c2ccccc2-c2c1c1c(c3c2[C@@H]([Si](C)(C)C)c2ccccc2-3)[C@@H]([Si](C)(C)C)c2ccccc2-1. The molecule has 0 amide bonds. The van der Waals surface area contributed by atoms with Crippen LogP contribution < -0.4 is 0 Å². The Morgan fingerprint density at radius 3 is 0.821 bits per heavy atom. The Balaban J connectivity index is 1.76. The minimum Gasteiger partial charge on any atom is -0.0688 e. The molecule has 7 rings (SSSR count). The zero-order chi connectivity index (χ0) is 27.6. The molecule has 3 aliphatic carbocycles. The van der Waals surface area contributed by atoms with Gasteiger partial charge in [-0.25, -0.2) is 0 Å². The molecule has 39 heavy (non-hydrogen) atoms. The summed E-state index contributed by atoms with van der Waals surface area (Å²) in [6, 6.07) is 28.5. The highest BCUT2D eigenvalue weighted by molar-refractivity contribution is 6.80. The third kappa shape index (κ3) is 3.39.